The third-order valence-electron chi connectivity index (χ3n) is 4.51. The summed E-state index contributed by atoms with van der Waals surface area (Å²) in [6, 6.07) is 11.5. The highest BCUT2D eigenvalue weighted by molar-refractivity contribution is 5.87. The summed E-state index contributed by atoms with van der Waals surface area (Å²) in [4.78, 5) is 15.8. The van der Waals surface area contributed by atoms with Crippen LogP contribution in [0.1, 0.15) is 39.2 Å². The first-order valence-electron chi connectivity index (χ1n) is 9.78. The van der Waals surface area contributed by atoms with Gasteiger partial charge in [-0.1, -0.05) is 51.5 Å². The van der Waals surface area contributed by atoms with Crippen LogP contribution in [0.15, 0.2) is 47.7 Å². The van der Waals surface area contributed by atoms with Crippen molar-refractivity contribution >= 4 is 17.6 Å². The van der Waals surface area contributed by atoms with E-state index in [4.69, 9.17) is 17.3 Å². The molecular formula is C21H32N6O2. The summed E-state index contributed by atoms with van der Waals surface area (Å²) < 4.78 is 0. The molecule has 8 nitrogen and oxygen atoms in total. The summed E-state index contributed by atoms with van der Waals surface area (Å²) in [5.41, 5.74) is 16.7. The minimum absolute atomic E-state index is 0.185. The van der Waals surface area contributed by atoms with Gasteiger partial charge in [0.1, 0.15) is 11.7 Å². The van der Waals surface area contributed by atoms with Crippen LogP contribution < -0.4 is 22.8 Å². The second-order valence-corrected chi connectivity index (χ2v) is 6.38. The first kappa shape index (κ1) is 23.9. The van der Waals surface area contributed by atoms with Crippen molar-refractivity contribution < 1.29 is 9.90 Å². The molecule has 2 aromatic rings. The highest BCUT2D eigenvalue weighted by Crippen LogP contribution is 2.25. The number of aliphatic carboxylic acids is 1. The maximum atomic E-state index is 11.7. The average Bonchev–Trinajstić information content (AvgIpc) is 2.73. The lowest BCUT2D eigenvalue weighted by molar-refractivity contribution is -0.143. The molecule has 0 aliphatic heterocycles. The van der Waals surface area contributed by atoms with E-state index in [1.54, 1.807) is 12.3 Å². The number of amidine groups is 1. The lowest BCUT2D eigenvalue weighted by Crippen LogP contribution is -2.38. The molecule has 1 aromatic carbocycles. The standard InChI is InChI=1S/C19H26N6O2.C2H6/c1-2-3-15(19(26)27)16(18(21)24-25-22)10-12-4-6-13(7-5-12)14-8-9-17(20)23-11-14;1-2/h4-9,11,15-16,25H,2-3,10,22H2,1H3,(H2,20,23)(H2,21,24)(H,26,27);1-2H3/t15-,16-;/m0./s1. The van der Waals surface area contributed by atoms with Crippen LogP contribution in [0.3, 0.4) is 0 Å². The van der Waals surface area contributed by atoms with E-state index in [9.17, 15) is 9.90 Å². The van der Waals surface area contributed by atoms with Gasteiger partial charge in [0.15, 0.2) is 0 Å². The second kappa shape index (κ2) is 12.4. The van der Waals surface area contributed by atoms with Crippen molar-refractivity contribution in [2.75, 3.05) is 5.73 Å². The largest absolute Gasteiger partial charge is 0.481 e. The van der Waals surface area contributed by atoms with Gasteiger partial charge in [-0.25, -0.2) is 16.4 Å². The number of nitrogens with one attached hydrogen (secondary N) is 1. The summed E-state index contributed by atoms with van der Waals surface area (Å²) in [7, 11) is 0. The molecule has 0 unspecified atom stereocenters. The number of nitrogens with zero attached hydrogens (tertiary/aromatic N) is 2. The number of carboxylic acids is 1. The van der Waals surface area contributed by atoms with Gasteiger partial charge >= 0.3 is 5.97 Å². The number of carboxylic acid groups (broad SMARTS) is 1. The number of nitrogens with two attached hydrogens (primary N) is 3. The lowest BCUT2D eigenvalue weighted by Gasteiger charge is -2.23. The molecule has 0 aliphatic rings. The van der Waals surface area contributed by atoms with Crippen molar-refractivity contribution in [3.8, 4) is 11.1 Å². The quantitative estimate of drug-likeness (QED) is 0.188. The van der Waals surface area contributed by atoms with Crippen LogP contribution in [0, 0.1) is 11.8 Å². The first-order valence-corrected chi connectivity index (χ1v) is 9.78. The van der Waals surface area contributed by atoms with Crippen LogP contribution in [0.2, 0.25) is 0 Å². The van der Waals surface area contributed by atoms with Gasteiger partial charge in [-0.3, -0.25) is 4.79 Å². The van der Waals surface area contributed by atoms with E-state index in [1.807, 2.05) is 51.1 Å². The highest BCUT2D eigenvalue weighted by atomic mass is 16.4. The minimum Gasteiger partial charge on any atom is -0.481 e. The number of rotatable bonds is 9. The normalized spacial score (nSPS) is 13.0. The summed E-state index contributed by atoms with van der Waals surface area (Å²) >= 11 is 0. The summed E-state index contributed by atoms with van der Waals surface area (Å²) in [5, 5.41) is 13.4. The Hall–Kier alpha value is -3.13. The molecule has 2 atom stereocenters. The van der Waals surface area contributed by atoms with Gasteiger partial charge in [-0.15, -0.1) is 0 Å². The number of nitrogen functional groups attached to an aromatic ring is 1. The fourth-order valence-electron chi connectivity index (χ4n) is 3.08. The zero-order valence-corrected chi connectivity index (χ0v) is 17.3. The second-order valence-electron chi connectivity index (χ2n) is 6.38. The number of hydrazine groups is 1. The Bertz CT molecular complexity index is 775. The van der Waals surface area contributed by atoms with Crippen LogP contribution in [0.25, 0.3) is 11.1 Å². The van der Waals surface area contributed by atoms with Crippen molar-refractivity contribution in [1.82, 2.24) is 10.5 Å². The lowest BCUT2D eigenvalue weighted by atomic mass is 9.83. The van der Waals surface area contributed by atoms with Gasteiger partial charge in [-0.2, -0.15) is 5.10 Å². The van der Waals surface area contributed by atoms with Crippen LogP contribution in [0.5, 0.6) is 0 Å². The van der Waals surface area contributed by atoms with Gasteiger partial charge < -0.3 is 16.6 Å². The van der Waals surface area contributed by atoms with E-state index in [-0.39, 0.29) is 5.84 Å². The molecule has 29 heavy (non-hydrogen) atoms. The summed E-state index contributed by atoms with van der Waals surface area (Å²) in [5.74, 6) is 3.91. The highest BCUT2D eigenvalue weighted by Gasteiger charge is 2.30. The molecule has 0 saturated carbocycles. The molecule has 1 aromatic heterocycles. The van der Waals surface area contributed by atoms with Crippen molar-refractivity contribution in [2.24, 2.45) is 28.5 Å². The first-order chi connectivity index (χ1) is 14.0. The Balaban J connectivity index is 0.00000204. The number of pyridine rings is 1. The van der Waals surface area contributed by atoms with Crippen LogP contribution in [-0.2, 0) is 11.2 Å². The van der Waals surface area contributed by atoms with Crippen LogP contribution in [-0.4, -0.2) is 21.9 Å². The summed E-state index contributed by atoms with van der Waals surface area (Å²) in [6.07, 6.45) is 3.41. The Morgan fingerprint density at radius 3 is 2.24 bits per heavy atom. The molecule has 0 aliphatic carbocycles. The molecule has 0 fully saturated rings. The zero-order valence-electron chi connectivity index (χ0n) is 17.3. The molecule has 2 rings (SSSR count). The monoisotopic (exact) mass is 400 g/mol. The maximum Gasteiger partial charge on any atom is 0.307 e. The van der Waals surface area contributed by atoms with Crippen LogP contribution in [0.4, 0.5) is 5.82 Å². The smallest absolute Gasteiger partial charge is 0.307 e. The molecule has 0 spiro atoms. The summed E-state index contributed by atoms with van der Waals surface area (Å²) in [6.45, 7) is 5.94. The molecule has 0 bridgehead atoms. The third kappa shape index (κ3) is 7.08. The Morgan fingerprint density at radius 2 is 1.76 bits per heavy atom. The van der Waals surface area contributed by atoms with E-state index in [1.165, 1.54) is 0 Å². The fourth-order valence-corrected chi connectivity index (χ4v) is 3.08. The zero-order chi connectivity index (χ0) is 21.8. The molecule has 158 valence electrons. The maximum absolute atomic E-state index is 11.7. The van der Waals surface area contributed by atoms with E-state index >= 15 is 0 Å². The Kier molecular flexibility index (Phi) is 10.2. The van der Waals surface area contributed by atoms with E-state index < -0.39 is 17.8 Å². The van der Waals surface area contributed by atoms with Crippen LogP contribution >= 0.6 is 0 Å². The molecule has 8 N–H and O–H groups in total. The van der Waals surface area contributed by atoms with Crippen molar-refractivity contribution in [3.05, 3.63) is 48.2 Å². The Labute approximate surface area is 172 Å². The minimum atomic E-state index is -0.887. The number of hydrogen-bond acceptors (Lipinski definition) is 6. The number of benzene rings is 1. The average molecular weight is 401 g/mol. The molecule has 0 radical (unpaired) electrons. The van der Waals surface area contributed by atoms with Gasteiger partial charge in [0, 0.05) is 17.7 Å². The number of carbonyl (C=O) groups is 1. The number of hydrogen-bond donors (Lipinski definition) is 5. The SMILES string of the molecule is CC.CCC[C@H](C(=O)O)[C@H](Cc1ccc(-c2ccc(N)nc2)cc1)/C(N)=N/NN. The topological polar surface area (TPSA) is 153 Å². The van der Waals surface area contributed by atoms with Crippen molar-refractivity contribution in [3.63, 3.8) is 0 Å². The van der Waals surface area contributed by atoms with Gasteiger partial charge in [0.05, 0.1) is 5.92 Å². The third-order valence-corrected chi connectivity index (χ3v) is 4.51. The van der Waals surface area contributed by atoms with Gasteiger partial charge in [-0.05, 0) is 36.1 Å². The van der Waals surface area contributed by atoms with Gasteiger partial charge in [0.2, 0.25) is 0 Å². The van der Waals surface area contributed by atoms with E-state index in [2.05, 4.69) is 15.6 Å². The van der Waals surface area contributed by atoms with Crippen molar-refractivity contribution in [1.29, 1.82) is 0 Å². The fraction of sp³-hybridized carbons (Fsp3) is 0.381. The van der Waals surface area contributed by atoms with E-state index in [0.717, 1.165) is 23.1 Å². The number of anilines is 1. The van der Waals surface area contributed by atoms with Gasteiger partial charge in [0.25, 0.3) is 0 Å². The molecule has 0 amide bonds. The predicted octanol–water partition coefficient (Wildman–Crippen LogP) is 2.75. The number of hydrazone groups is 1. The molecule has 1 heterocycles. The molecule has 0 saturated heterocycles. The predicted molar refractivity (Wildman–Crippen MR) is 118 cm³/mol. The Morgan fingerprint density at radius 1 is 1.14 bits per heavy atom. The number of aromatic nitrogens is 1. The molecule has 8 heteroatoms. The van der Waals surface area contributed by atoms with E-state index in [0.29, 0.717) is 18.7 Å². The van der Waals surface area contributed by atoms with Crippen molar-refractivity contribution in [2.45, 2.75) is 40.0 Å². The molecular weight excluding hydrogens is 368 g/mol.